The molecule has 1 amide bonds. The fraction of sp³-hybridized carbons (Fsp3) is 0.550. The summed E-state index contributed by atoms with van der Waals surface area (Å²) in [5, 5.41) is 7.48. The molecular formula is C20H24F3N5O. The molecule has 0 spiro atoms. The number of anilines is 1. The Labute approximate surface area is 167 Å². The van der Waals surface area contributed by atoms with E-state index < -0.39 is 12.2 Å². The van der Waals surface area contributed by atoms with Crippen molar-refractivity contribution in [2.75, 3.05) is 11.9 Å². The maximum absolute atomic E-state index is 13.6. The molecule has 0 radical (unpaired) electrons. The Balaban J connectivity index is 1.58. The molecule has 9 heteroatoms. The minimum absolute atomic E-state index is 0.0406. The summed E-state index contributed by atoms with van der Waals surface area (Å²) in [6.07, 6.45) is -0.496. The van der Waals surface area contributed by atoms with Crippen molar-refractivity contribution in [3.63, 3.8) is 0 Å². The van der Waals surface area contributed by atoms with Crippen LogP contribution in [0.2, 0.25) is 0 Å². The predicted molar refractivity (Wildman–Crippen MR) is 101 cm³/mol. The van der Waals surface area contributed by atoms with E-state index in [1.807, 2.05) is 13.0 Å². The minimum atomic E-state index is -4.36. The lowest BCUT2D eigenvalue weighted by atomic mass is 10.0. The van der Waals surface area contributed by atoms with Gasteiger partial charge in [0.05, 0.1) is 18.2 Å². The first kappa shape index (κ1) is 19.7. The van der Waals surface area contributed by atoms with E-state index in [2.05, 4.69) is 15.4 Å². The summed E-state index contributed by atoms with van der Waals surface area (Å²) < 4.78 is 41.9. The van der Waals surface area contributed by atoms with Crippen LogP contribution >= 0.6 is 0 Å². The van der Waals surface area contributed by atoms with Gasteiger partial charge in [-0.2, -0.15) is 18.3 Å². The van der Waals surface area contributed by atoms with E-state index >= 15 is 0 Å². The topological polar surface area (TPSA) is 63.1 Å². The van der Waals surface area contributed by atoms with Crippen LogP contribution in [0.15, 0.2) is 30.5 Å². The number of nitrogens with zero attached hydrogens (tertiary/aromatic N) is 4. The Bertz CT molecular complexity index is 867. The first-order valence-corrected chi connectivity index (χ1v) is 9.99. The van der Waals surface area contributed by atoms with Gasteiger partial charge in [0, 0.05) is 30.5 Å². The van der Waals surface area contributed by atoms with Gasteiger partial charge in [-0.1, -0.05) is 13.0 Å². The molecule has 4 heterocycles. The molecule has 156 valence electrons. The predicted octanol–water partition coefficient (Wildman–Crippen LogP) is 3.88. The summed E-state index contributed by atoms with van der Waals surface area (Å²) in [4.78, 5) is 18.7. The van der Waals surface area contributed by atoms with E-state index in [0.717, 1.165) is 11.1 Å². The lowest BCUT2D eigenvalue weighted by Gasteiger charge is -2.32. The van der Waals surface area contributed by atoms with Gasteiger partial charge in [-0.3, -0.25) is 9.78 Å². The molecule has 1 N–H and O–H groups in total. The molecule has 1 saturated heterocycles. The monoisotopic (exact) mass is 407 g/mol. The standard InChI is InChI=1S/C20H24F3N5O/c1-2-13-10-17(20(21,22)23)28-18(25-13)12-15(26-28)16-7-5-9-27(16)19(29)11-14-6-3-4-8-24-14/h3-4,6,8,12-13,16-17,25H,2,5,7,9-11H2,1H3/t13-,16?,17-/m1/s1. The molecule has 1 unspecified atom stereocenters. The van der Waals surface area contributed by atoms with Crippen molar-refractivity contribution in [3.05, 3.63) is 41.9 Å². The van der Waals surface area contributed by atoms with Crippen LogP contribution in [0, 0.1) is 0 Å². The molecule has 0 aromatic carbocycles. The Kier molecular flexibility index (Phi) is 5.23. The highest BCUT2D eigenvalue weighted by Crippen LogP contribution is 2.42. The second-order valence-corrected chi connectivity index (χ2v) is 7.68. The molecule has 4 rings (SSSR count). The van der Waals surface area contributed by atoms with Crippen molar-refractivity contribution in [3.8, 4) is 0 Å². The fourth-order valence-electron chi connectivity index (χ4n) is 4.23. The largest absolute Gasteiger partial charge is 0.410 e. The van der Waals surface area contributed by atoms with E-state index in [-0.39, 0.29) is 30.8 Å². The SMILES string of the molecule is CC[C@@H]1C[C@H](C(F)(F)F)n2nc(C3CCCN3C(=O)Cc3ccccn3)cc2N1. The third-order valence-corrected chi connectivity index (χ3v) is 5.75. The van der Waals surface area contributed by atoms with Crippen LogP contribution in [-0.2, 0) is 11.2 Å². The van der Waals surface area contributed by atoms with Gasteiger partial charge < -0.3 is 10.2 Å². The molecule has 29 heavy (non-hydrogen) atoms. The molecule has 0 saturated carbocycles. The molecule has 0 bridgehead atoms. The number of alkyl halides is 3. The van der Waals surface area contributed by atoms with E-state index in [9.17, 15) is 18.0 Å². The number of fused-ring (bicyclic) bond motifs is 1. The molecular weight excluding hydrogens is 383 g/mol. The van der Waals surface area contributed by atoms with E-state index in [4.69, 9.17) is 0 Å². The molecule has 3 atom stereocenters. The van der Waals surface area contributed by atoms with Crippen LogP contribution in [0.25, 0.3) is 0 Å². The average molecular weight is 407 g/mol. The Morgan fingerprint density at radius 1 is 1.34 bits per heavy atom. The number of amides is 1. The molecule has 1 fully saturated rings. The quantitative estimate of drug-likeness (QED) is 0.836. The number of hydrogen-bond donors (Lipinski definition) is 1. The van der Waals surface area contributed by atoms with Crippen LogP contribution in [0.3, 0.4) is 0 Å². The van der Waals surface area contributed by atoms with Crippen molar-refractivity contribution < 1.29 is 18.0 Å². The number of carbonyl (C=O) groups excluding carboxylic acids is 1. The van der Waals surface area contributed by atoms with Gasteiger partial charge >= 0.3 is 6.18 Å². The van der Waals surface area contributed by atoms with Crippen molar-refractivity contribution in [2.45, 2.75) is 63.3 Å². The highest BCUT2D eigenvalue weighted by Gasteiger charge is 2.46. The maximum Gasteiger partial charge on any atom is 0.410 e. The number of carbonyl (C=O) groups is 1. The molecule has 2 aromatic rings. The Hall–Kier alpha value is -2.58. The second-order valence-electron chi connectivity index (χ2n) is 7.68. The van der Waals surface area contributed by atoms with Crippen LogP contribution < -0.4 is 5.32 Å². The number of likely N-dealkylation sites (tertiary alicyclic amines) is 1. The average Bonchev–Trinajstić information content (AvgIpc) is 3.33. The van der Waals surface area contributed by atoms with Crippen LogP contribution in [0.5, 0.6) is 0 Å². The number of aromatic nitrogens is 3. The fourth-order valence-corrected chi connectivity index (χ4v) is 4.23. The van der Waals surface area contributed by atoms with Crippen LogP contribution in [0.1, 0.15) is 56.1 Å². The number of hydrogen-bond acceptors (Lipinski definition) is 4. The number of rotatable bonds is 4. The zero-order valence-electron chi connectivity index (χ0n) is 16.2. The van der Waals surface area contributed by atoms with Gasteiger partial charge in [0.1, 0.15) is 5.82 Å². The summed E-state index contributed by atoms with van der Waals surface area (Å²) in [6, 6.07) is 4.89. The van der Waals surface area contributed by atoms with Gasteiger partial charge in [0.2, 0.25) is 5.91 Å². The zero-order chi connectivity index (χ0) is 20.6. The summed E-state index contributed by atoms with van der Waals surface area (Å²) in [7, 11) is 0. The van der Waals surface area contributed by atoms with Gasteiger partial charge in [0.15, 0.2) is 6.04 Å². The minimum Gasteiger partial charge on any atom is -0.367 e. The third kappa shape index (κ3) is 3.95. The van der Waals surface area contributed by atoms with Crippen molar-refractivity contribution in [1.82, 2.24) is 19.7 Å². The molecule has 2 aromatic heterocycles. The van der Waals surface area contributed by atoms with Gasteiger partial charge in [-0.25, -0.2) is 4.68 Å². The van der Waals surface area contributed by atoms with Crippen LogP contribution in [-0.4, -0.2) is 44.3 Å². The van der Waals surface area contributed by atoms with Gasteiger partial charge in [0.25, 0.3) is 0 Å². The number of nitrogens with one attached hydrogen (secondary N) is 1. The Morgan fingerprint density at radius 3 is 2.86 bits per heavy atom. The summed E-state index contributed by atoms with van der Waals surface area (Å²) >= 11 is 0. The summed E-state index contributed by atoms with van der Waals surface area (Å²) in [6.45, 7) is 2.44. The normalized spacial score (nSPS) is 24.3. The first-order valence-electron chi connectivity index (χ1n) is 9.99. The number of halogens is 3. The summed E-state index contributed by atoms with van der Waals surface area (Å²) in [5.41, 5.74) is 1.20. The highest BCUT2D eigenvalue weighted by atomic mass is 19.4. The van der Waals surface area contributed by atoms with Gasteiger partial charge in [-0.05, 0) is 37.8 Å². The zero-order valence-corrected chi connectivity index (χ0v) is 16.2. The molecule has 0 aliphatic carbocycles. The molecule has 6 nitrogen and oxygen atoms in total. The van der Waals surface area contributed by atoms with Crippen molar-refractivity contribution in [2.24, 2.45) is 0 Å². The van der Waals surface area contributed by atoms with Gasteiger partial charge in [-0.15, -0.1) is 0 Å². The van der Waals surface area contributed by atoms with E-state index in [1.54, 1.807) is 29.3 Å². The van der Waals surface area contributed by atoms with Crippen LogP contribution in [0.4, 0.5) is 19.0 Å². The van der Waals surface area contributed by atoms with E-state index in [0.29, 0.717) is 36.6 Å². The molecule has 2 aliphatic rings. The first-order chi connectivity index (χ1) is 13.9. The van der Waals surface area contributed by atoms with Crippen molar-refractivity contribution in [1.29, 1.82) is 0 Å². The smallest absolute Gasteiger partial charge is 0.367 e. The van der Waals surface area contributed by atoms with Crippen molar-refractivity contribution >= 4 is 11.7 Å². The van der Waals surface area contributed by atoms with E-state index in [1.165, 1.54) is 0 Å². The Morgan fingerprint density at radius 2 is 2.17 bits per heavy atom. The lowest BCUT2D eigenvalue weighted by Crippen LogP contribution is -2.39. The lowest BCUT2D eigenvalue weighted by molar-refractivity contribution is -0.173. The molecule has 2 aliphatic heterocycles. The third-order valence-electron chi connectivity index (χ3n) is 5.75. The second kappa shape index (κ2) is 7.68. The number of pyridine rings is 1. The highest BCUT2D eigenvalue weighted by molar-refractivity contribution is 5.79. The summed E-state index contributed by atoms with van der Waals surface area (Å²) in [5.74, 6) is 0.299. The maximum atomic E-state index is 13.6.